The molecule has 1 N–H and O–H groups in total. The zero-order valence-corrected chi connectivity index (χ0v) is 5.51. The average Bonchev–Trinajstić information content (AvgIpc) is 1.64. The Balaban J connectivity index is -0.000000245. The number of aliphatic carboxylic acids is 1. The van der Waals surface area contributed by atoms with Crippen LogP contribution < -0.4 is 0 Å². The number of hydrogen-bond acceptors (Lipinski definition) is 1. The minimum atomic E-state index is -0.708. The lowest BCUT2D eigenvalue weighted by Gasteiger charge is -2.07. The fourth-order valence-electron chi connectivity index (χ4n) is 0.285. The number of rotatable bonds is 2. The highest BCUT2D eigenvalue weighted by Gasteiger charge is 2.13. The molecule has 0 aliphatic carbocycles. The van der Waals surface area contributed by atoms with Crippen LogP contribution in [0.1, 0.15) is 35.6 Å². The molecule has 0 aliphatic rings. The molecular formula is C8H20O2. The highest BCUT2D eigenvalue weighted by molar-refractivity contribution is 5.69. The third kappa shape index (κ3) is 5.60. The maximum atomic E-state index is 10.1. The van der Waals surface area contributed by atoms with Crippen LogP contribution in [-0.2, 0) is 4.79 Å². The van der Waals surface area contributed by atoms with Crippen LogP contribution in [0.15, 0.2) is 0 Å². The second-order valence-corrected chi connectivity index (χ2v) is 2.37. The van der Waals surface area contributed by atoms with Gasteiger partial charge < -0.3 is 5.11 Å². The lowest BCUT2D eigenvalue weighted by atomic mass is 9.99. The summed E-state index contributed by atoms with van der Waals surface area (Å²) in [6.07, 6.45) is 0. The standard InChI is InChI=1S/C6H12O2.2CH4/c1-4(2)5(3)6(7)8;;/h4-5H,1-3H3,(H,7,8);2*1H4. The Kier molecular flexibility index (Phi) is 10.7. The number of carbonyl (C=O) groups is 1. The third-order valence-electron chi connectivity index (χ3n) is 1.39. The largest absolute Gasteiger partial charge is 0.481 e. The summed E-state index contributed by atoms with van der Waals surface area (Å²) in [6.45, 7) is 5.52. The van der Waals surface area contributed by atoms with Crippen molar-refractivity contribution < 1.29 is 9.90 Å². The summed E-state index contributed by atoms with van der Waals surface area (Å²) < 4.78 is 0. The van der Waals surface area contributed by atoms with Crippen LogP contribution in [0.25, 0.3) is 0 Å². The maximum Gasteiger partial charge on any atom is 0.306 e. The van der Waals surface area contributed by atoms with Crippen LogP contribution >= 0.6 is 0 Å². The molecule has 2 nitrogen and oxygen atoms in total. The Labute approximate surface area is 64.3 Å². The van der Waals surface area contributed by atoms with E-state index >= 15 is 0 Å². The van der Waals surface area contributed by atoms with Crippen LogP contribution in [0.3, 0.4) is 0 Å². The van der Waals surface area contributed by atoms with E-state index < -0.39 is 5.97 Å². The number of carboxylic acids is 1. The molecule has 64 valence electrons. The van der Waals surface area contributed by atoms with Crippen molar-refractivity contribution in [3.8, 4) is 0 Å². The van der Waals surface area contributed by atoms with E-state index in [0.29, 0.717) is 0 Å². The van der Waals surface area contributed by atoms with E-state index in [1.165, 1.54) is 0 Å². The van der Waals surface area contributed by atoms with Gasteiger partial charge in [-0.25, -0.2) is 0 Å². The van der Waals surface area contributed by atoms with Crippen molar-refractivity contribution in [1.29, 1.82) is 0 Å². The predicted molar refractivity (Wildman–Crippen MR) is 45.1 cm³/mol. The molecule has 0 aromatic rings. The van der Waals surface area contributed by atoms with Gasteiger partial charge in [0.2, 0.25) is 0 Å². The van der Waals surface area contributed by atoms with Gasteiger partial charge in [-0.2, -0.15) is 0 Å². The zero-order valence-electron chi connectivity index (χ0n) is 5.51. The van der Waals surface area contributed by atoms with Gasteiger partial charge in [0.1, 0.15) is 0 Å². The van der Waals surface area contributed by atoms with Gasteiger partial charge in [0.05, 0.1) is 5.92 Å². The molecule has 2 heteroatoms. The second-order valence-electron chi connectivity index (χ2n) is 2.37. The summed E-state index contributed by atoms with van der Waals surface area (Å²) in [7, 11) is 0. The van der Waals surface area contributed by atoms with E-state index in [0.717, 1.165) is 0 Å². The summed E-state index contributed by atoms with van der Waals surface area (Å²) in [4.78, 5) is 10.1. The normalized spacial score (nSPS) is 11.2. The first-order valence-electron chi connectivity index (χ1n) is 2.78. The molecule has 0 aromatic heterocycles. The van der Waals surface area contributed by atoms with E-state index in [1.54, 1.807) is 6.92 Å². The van der Waals surface area contributed by atoms with Gasteiger partial charge in [0.15, 0.2) is 0 Å². The van der Waals surface area contributed by atoms with Crippen molar-refractivity contribution in [3.63, 3.8) is 0 Å². The van der Waals surface area contributed by atoms with Crippen molar-refractivity contribution in [3.05, 3.63) is 0 Å². The Bertz CT molecular complexity index is 87.3. The molecule has 0 aromatic carbocycles. The molecule has 0 amide bonds. The molecule has 0 saturated heterocycles. The van der Waals surface area contributed by atoms with E-state index in [9.17, 15) is 4.79 Å². The fraction of sp³-hybridized carbons (Fsp3) is 0.875. The zero-order chi connectivity index (χ0) is 6.73. The smallest absolute Gasteiger partial charge is 0.306 e. The van der Waals surface area contributed by atoms with Gasteiger partial charge in [-0.3, -0.25) is 4.79 Å². The minimum absolute atomic E-state index is 0. The van der Waals surface area contributed by atoms with Crippen molar-refractivity contribution in [2.45, 2.75) is 35.6 Å². The summed E-state index contributed by atoms with van der Waals surface area (Å²) >= 11 is 0. The van der Waals surface area contributed by atoms with Crippen LogP contribution in [0.5, 0.6) is 0 Å². The molecule has 10 heavy (non-hydrogen) atoms. The highest BCUT2D eigenvalue weighted by Crippen LogP contribution is 2.08. The first kappa shape index (κ1) is 16.2. The Morgan fingerprint density at radius 1 is 1.20 bits per heavy atom. The Morgan fingerprint density at radius 3 is 1.50 bits per heavy atom. The molecule has 0 fully saturated rings. The Hall–Kier alpha value is -0.530. The Morgan fingerprint density at radius 2 is 1.50 bits per heavy atom. The van der Waals surface area contributed by atoms with Gasteiger partial charge in [-0.15, -0.1) is 0 Å². The van der Waals surface area contributed by atoms with Crippen molar-refractivity contribution in [1.82, 2.24) is 0 Å². The van der Waals surface area contributed by atoms with Crippen molar-refractivity contribution in [2.24, 2.45) is 11.8 Å². The fourth-order valence-corrected chi connectivity index (χ4v) is 0.285. The van der Waals surface area contributed by atoms with Crippen LogP contribution in [-0.4, -0.2) is 11.1 Å². The second kappa shape index (κ2) is 6.59. The molecule has 0 rings (SSSR count). The minimum Gasteiger partial charge on any atom is -0.481 e. The predicted octanol–water partition coefficient (Wildman–Crippen LogP) is 2.64. The average molecular weight is 148 g/mol. The summed E-state index contributed by atoms with van der Waals surface area (Å²) in [5.74, 6) is -0.678. The summed E-state index contributed by atoms with van der Waals surface area (Å²) in [5.41, 5.74) is 0. The van der Waals surface area contributed by atoms with E-state index in [1.807, 2.05) is 13.8 Å². The van der Waals surface area contributed by atoms with E-state index in [-0.39, 0.29) is 26.7 Å². The quantitative estimate of drug-likeness (QED) is 0.653. The number of carboxylic acid groups (broad SMARTS) is 1. The van der Waals surface area contributed by atoms with Gasteiger partial charge in [0, 0.05) is 0 Å². The molecule has 1 unspecified atom stereocenters. The molecule has 0 heterocycles. The maximum absolute atomic E-state index is 10.1. The van der Waals surface area contributed by atoms with E-state index in [2.05, 4.69) is 0 Å². The highest BCUT2D eigenvalue weighted by atomic mass is 16.4. The van der Waals surface area contributed by atoms with E-state index in [4.69, 9.17) is 5.11 Å². The molecular weight excluding hydrogens is 128 g/mol. The van der Waals surface area contributed by atoms with Crippen molar-refractivity contribution >= 4 is 5.97 Å². The topological polar surface area (TPSA) is 37.3 Å². The summed E-state index contributed by atoms with van der Waals surface area (Å²) in [5, 5.41) is 8.35. The molecule has 0 saturated carbocycles. The van der Waals surface area contributed by atoms with Gasteiger partial charge in [-0.05, 0) is 5.92 Å². The first-order valence-corrected chi connectivity index (χ1v) is 2.78. The molecule has 0 radical (unpaired) electrons. The SMILES string of the molecule is C.C.CC(C)C(C)C(=O)O. The lowest BCUT2D eigenvalue weighted by molar-refractivity contribution is -0.142. The summed E-state index contributed by atoms with van der Waals surface area (Å²) in [6, 6.07) is 0. The number of hydrogen-bond donors (Lipinski definition) is 1. The molecule has 0 bridgehead atoms. The molecule has 0 aliphatic heterocycles. The van der Waals surface area contributed by atoms with Gasteiger partial charge >= 0.3 is 5.97 Å². The van der Waals surface area contributed by atoms with Crippen LogP contribution in [0, 0.1) is 11.8 Å². The third-order valence-corrected chi connectivity index (χ3v) is 1.39. The molecule has 1 atom stereocenters. The monoisotopic (exact) mass is 148 g/mol. The first-order chi connectivity index (χ1) is 3.55. The molecule has 0 spiro atoms. The van der Waals surface area contributed by atoms with Gasteiger partial charge in [0.25, 0.3) is 0 Å². The van der Waals surface area contributed by atoms with Crippen molar-refractivity contribution in [2.75, 3.05) is 0 Å². The van der Waals surface area contributed by atoms with Gasteiger partial charge in [-0.1, -0.05) is 35.6 Å². The van der Waals surface area contributed by atoms with Crippen LogP contribution in [0.2, 0.25) is 0 Å². The lowest BCUT2D eigenvalue weighted by Crippen LogP contribution is -2.15. The van der Waals surface area contributed by atoms with Crippen LogP contribution in [0.4, 0.5) is 0 Å².